The third kappa shape index (κ3) is 4.77. The highest BCUT2D eigenvalue weighted by molar-refractivity contribution is 5.94. The van der Waals surface area contributed by atoms with Crippen molar-refractivity contribution in [2.75, 3.05) is 5.73 Å². The van der Waals surface area contributed by atoms with Gasteiger partial charge < -0.3 is 15.8 Å². The number of carbonyl (C=O) groups excluding carboxylic acids is 1. The second-order valence-corrected chi connectivity index (χ2v) is 7.45. The van der Waals surface area contributed by atoms with Crippen molar-refractivity contribution in [1.82, 2.24) is 15.5 Å². The summed E-state index contributed by atoms with van der Waals surface area (Å²) in [6, 6.07) is 13.6. The van der Waals surface area contributed by atoms with Crippen molar-refractivity contribution in [2.45, 2.75) is 44.8 Å². The molecule has 1 aliphatic carbocycles. The lowest BCUT2D eigenvalue weighted by Crippen LogP contribution is -2.23. The monoisotopic (exact) mass is 390 g/mol. The van der Waals surface area contributed by atoms with Gasteiger partial charge in [0.25, 0.3) is 0 Å². The molecule has 1 amide bonds. The summed E-state index contributed by atoms with van der Waals surface area (Å²) in [7, 11) is 0. The SMILES string of the molecule is Nc1n[nH]c2ccc(/C=C/C(=O)NCc3ccccc3OC3CCCCC3)cc12. The third-order valence-corrected chi connectivity index (χ3v) is 5.32. The Morgan fingerprint density at radius 3 is 2.90 bits per heavy atom. The van der Waals surface area contributed by atoms with Crippen LogP contribution < -0.4 is 15.8 Å². The van der Waals surface area contributed by atoms with Crippen molar-refractivity contribution in [3.05, 3.63) is 59.7 Å². The van der Waals surface area contributed by atoms with Crippen molar-refractivity contribution in [3.8, 4) is 5.75 Å². The molecular formula is C23H26N4O2. The largest absolute Gasteiger partial charge is 0.490 e. The van der Waals surface area contributed by atoms with Crippen LogP contribution in [-0.2, 0) is 11.3 Å². The lowest BCUT2D eigenvalue weighted by atomic mass is 9.97. The van der Waals surface area contributed by atoms with Crippen molar-refractivity contribution in [3.63, 3.8) is 0 Å². The molecule has 0 aliphatic heterocycles. The Morgan fingerprint density at radius 1 is 1.21 bits per heavy atom. The normalized spacial score (nSPS) is 15.0. The van der Waals surface area contributed by atoms with E-state index in [4.69, 9.17) is 10.5 Å². The second-order valence-electron chi connectivity index (χ2n) is 7.45. The third-order valence-electron chi connectivity index (χ3n) is 5.32. The number of nitrogens with two attached hydrogens (primary N) is 1. The predicted molar refractivity (Wildman–Crippen MR) is 115 cm³/mol. The van der Waals surface area contributed by atoms with Crippen LogP contribution in [0.25, 0.3) is 17.0 Å². The first-order valence-electron chi connectivity index (χ1n) is 10.1. The quantitative estimate of drug-likeness (QED) is 0.550. The summed E-state index contributed by atoms with van der Waals surface area (Å²) >= 11 is 0. The van der Waals surface area contributed by atoms with E-state index in [1.165, 1.54) is 25.3 Å². The van der Waals surface area contributed by atoms with Crippen LogP contribution in [0.2, 0.25) is 0 Å². The Balaban J connectivity index is 1.36. The number of benzene rings is 2. The van der Waals surface area contributed by atoms with Gasteiger partial charge in [0.15, 0.2) is 5.82 Å². The minimum Gasteiger partial charge on any atom is -0.490 e. The predicted octanol–water partition coefficient (Wildman–Crippen LogP) is 4.19. The van der Waals surface area contributed by atoms with Gasteiger partial charge in [0, 0.05) is 23.6 Å². The Hall–Kier alpha value is -3.28. The average molecular weight is 390 g/mol. The highest BCUT2D eigenvalue weighted by Crippen LogP contribution is 2.26. The molecule has 0 spiro atoms. The number of aromatic amines is 1. The Bertz CT molecular complexity index is 1020. The number of amides is 1. The maximum Gasteiger partial charge on any atom is 0.244 e. The van der Waals surface area contributed by atoms with Crippen molar-refractivity contribution in [1.29, 1.82) is 0 Å². The highest BCUT2D eigenvalue weighted by Gasteiger charge is 2.16. The molecule has 6 nitrogen and oxygen atoms in total. The Labute approximate surface area is 170 Å². The molecule has 0 saturated heterocycles. The van der Waals surface area contributed by atoms with E-state index in [0.717, 1.165) is 40.6 Å². The van der Waals surface area contributed by atoms with Crippen LogP contribution in [0, 0.1) is 0 Å². The Morgan fingerprint density at radius 2 is 2.03 bits per heavy atom. The first kappa shape index (κ1) is 19.1. The molecule has 0 bridgehead atoms. The van der Waals surface area contributed by atoms with Gasteiger partial charge in [-0.2, -0.15) is 5.10 Å². The molecular weight excluding hydrogens is 364 g/mol. The van der Waals surface area contributed by atoms with Crippen LogP contribution in [0.5, 0.6) is 5.75 Å². The Kier molecular flexibility index (Phi) is 5.79. The second kappa shape index (κ2) is 8.82. The zero-order valence-electron chi connectivity index (χ0n) is 16.4. The number of fused-ring (bicyclic) bond motifs is 1. The van der Waals surface area contributed by atoms with E-state index in [9.17, 15) is 4.79 Å². The first-order valence-corrected chi connectivity index (χ1v) is 10.1. The topological polar surface area (TPSA) is 93.0 Å². The number of ether oxygens (including phenoxy) is 1. The minimum atomic E-state index is -0.155. The molecule has 29 heavy (non-hydrogen) atoms. The fourth-order valence-corrected chi connectivity index (χ4v) is 3.70. The molecule has 150 valence electrons. The number of H-pyrrole nitrogens is 1. The van der Waals surface area contributed by atoms with Gasteiger partial charge in [-0.15, -0.1) is 0 Å². The summed E-state index contributed by atoms with van der Waals surface area (Å²) in [6.45, 7) is 0.430. The summed E-state index contributed by atoms with van der Waals surface area (Å²) < 4.78 is 6.20. The van der Waals surface area contributed by atoms with E-state index in [2.05, 4.69) is 15.5 Å². The summed E-state index contributed by atoms with van der Waals surface area (Å²) in [4.78, 5) is 12.3. The van der Waals surface area contributed by atoms with E-state index < -0.39 is 0 Å². The van der Waals surface area contributed by atoms with Gasteiger partial charge in [-0.1, -0.05) is 30.7 Å². The number of carbonyl (C=O) groups is 1. The molecule has 4 rings (SSSR count). The fraction of sp³-hybridized carbons (Fsp3) is 0.304. The van der Waals surface area contributed by atoms with Crippen LogP contribution in [0.15, 0.2) is 48.5 Å². The maximum absolute atomic E-state index is 12.3. The molecule has 3 aromatic rings. The van der Waals surface area contributed by atoms with Crippen LogP contribution >= 0.6 is 0 Å². The summed E-state index contributed by atoms with van der Waals surface area (Å²) in [5.41, 5.74) is 8.59. The smallest absolute Gasteiger partial charge is 0.244 e. The summed E-state index contributed by atoms with van der Waals surface area (Å²) in [5.74, 6) is 1.16. The van der Waals surface area contributed by atoms with E-state index >= 15 is 0 Å². The molecule has 1 heterocycles. The van der Waals surface area contributed by atoms with Gasteiger partial charge >= 0.3 is 0 Å². The van der Waals surface area contributed by atoms with E-state index in [1.807, 2.05) is 42.5 Å². The molecule has 0 radical (unpaired) electrons. The summed E-state index contributed by atoms with van der Waals surface area (Å²) in [5, 5.41) is 10.6. The number of nitrogens with one attached hydrogen (secondary N) is 2. The number of para-hydroxylation sites is 1. The number of hydrogen-bond acceptors (Lipinski definition) is 4. The zero-order chi connectivity index (χ0) is 20.1. The van der Waals surface area contributed by atoms with Crippen LogP contribution in [0.3, 0.4) is 0 Å². The zero-order valence-corrected chi connectivity index (χ0v) is 16.4. The van der Waals surface area contributed by atoms with Crippen LogP contribution in [-0.4, -0.2) is 22.2 Å². The van der Waals surface area contributed by atoms with E-state index in [-0.39, 0.29) is 12.0 Å². The average Bonchev–Trinajstić information content (AvgIpc) is 3.12. The highest BCUT2D eigenvalue weighted by atomic mass is 16.5. The number of rotatable bonds is 6. The number of nitrogens with zero attached hydrogens (tertiary/aromatic N) is 1. The number of nitrogen functional groups attached to an aromatic ring is 1. The molecule has 6 heteroatoms. The van der Waals surface area contributed by atoms with Crippen LogP contribution in [0.4, 0.5) is 5.82 Å². The molecule has 0 atom stereocenters. The molecule has 1 fully saturated rings. The number of hydrogen-bond donors (Lipinski definition) is 3. The lowest BCUT2D eigenvalue weighted by molar-refractivity contribution is -0.116. The maximum atomic E-state index is 12.3. The number of anilines is 1. The van der Waals surface area contributed by atoms with Gasteiger partial charge in [-0.05, 0) is 55.5 Å². The molecule has 2 aromatic carbocycles. The molecule has 1 aromatic heterocycles. The lowest BCUT2D eigenvalue weighted by Gasteiger charge is -2.24. The van der Waals surface area contributed by atoms with Crippen molar-refractivity contribution in [2.24, 2.45) is 0 Å². The van der Waals surface area contributed by atoms with Crippen molar-refractivity contribution >= 4 is 28.7 Å². The molecule has 0 unspecified atom stereocenters. The van der Waals surface area contributed by atoms with Crippen LogP contribution in [0.1, 0.15) is 43.2 Å². The molecule has 1 aliphatic rings. The fourth-order valence-electron chi connectivity index (χ4n) is 3.70. The van der Waals surface area contributed by atoms with Gasteiger partial charge in [-0.3, -0.25) is 9.89 Å². The standard InChI is InChI=1S/C23H26N4O2/c24-23-19-14-16(10-12-20(19)26-27-23)11-13-22(28)25-15-17-6-4-5-9-21(17)29-18-7-2-1-3-8-18/h4-6,9-14,18H,1-3,7-8,15H2,(H,25,28)(H3,24,26,27)/b13-11+. The number of aromatic nitrogens is 2. The first-order chi connectivity index (χ1) is 14.2. The van der Waals surface area contributed by atoms with Gasteiger partial charge in [0.2, 0.25) is 5.91 Å². The summed E-state index contributed by atoms with van der Waals surface area (Å²) in [6.07, 6.45) is 9.54. The van der Waals surface area contributed by atoms with E-state index in [0.29, 0.717) is 12.4 Å². The van der Waals surface area contributed by atoms with E-state index in [1.54, 1.807) is 6.08 Å². The molecule has 4 N–H and O–H groups in total. The van der Waals surface area contributed by atoms with Gasteiger partial charge in [0.1, 0.15) is 5.75 Å². The van der Waals surface area contributed by atoms with Crippen molar-refractivity contribution < 1.29 is 9.53 Å². The van der Waals surface area contributed by atoms with Gasteiger partial charge in [0.05, 0.1) is 11.6 Å². The minimum absolute atomic E-state index is 0.155. The molecule has 1 saturated carbocycles. The van der Waals surface area contributed by atoms with Gasteiger partial charge in [-0.25, -0.2) is 0 Å².